The van der Waals surface area contributed by atoms with Gasteiger partial charge >= 0.3 is 6.61 Å². The van der Waals surface area contributed by atoms with Crippen LogP contribution in [-0.4, -0.2) is 18.9 Å². The van der Waals surface area contributed by atoms with Crippen molar-refractivity contribution in [3.8, 4) is 0 Å². The summed E-state index contributed by atoms with van der Waals surface area (Å²) in [5, 5.41) is 6.53. The second kappa shape index (κ2) is 4.38. The Morgan fingerprint density at radius 1 is 1.67 bits per heavy atom. The van der Waals surface area contributed by atoms with E-state index in [4.69, 9.17) is 5.41 Å². The van der Waals surface area contributed by atoms with Crippen molar-refractivity contribution in [2.24, 2.45) is 0 Å². The Morgan fingerprint density at radius 2 is 2.22 bits per heavy atom. The van der Waals surface area contributed by atoms with Gasteiger partial charge in [0.1, 0.15) is 0 Å². The molecule has 0 aromatic heterocycles. The van der Waals surface area contributed by atoms with Gasteiger partial charge in [-0.05, 0) is 13.1 Å². The van der Waals surface area contributed by atoms with E-state index in [2.05, 4.69) is 4.74 Å². The SMILES string of the molecule is CC(CC=N)OC(F)F. The fourth-order valence-corrected chi connectivity index (χ4v) is 0.397. The summed E-state index contributed by atoms with van der Waals surface area (Å²) in [6.45, 7) is -1.23. The maximum absolute atomic E-state index is 11.3. The first-order valence-electron chi connectivity index (χ1n) is 2.59. The van der Waals surface area contributed by atoms with Crippen LogP contribution >= 0.6 is 0 Å². The van der Waals surface area contributed by atoms with Crippen LogP contribution in [0.5, 0.6) is 0 Å². The summed E-state index contributed by atoms with van der Waals surface area (Å²) in [5.41, 5.74) is 0. The standard InChI is InChI=1S/C5H9F2NO/c1-4(2-3-8)9-5(6)7/h3-5,8H,2H2,1H3. The highest BCUT2D eigenvalue weighted by Crippen LogP contribution is 2.02. The van der Waals surface area contributed by atoms with Crippen LogP contribution in [0.1, 0.15) is 13.3 Å². The normalized spacial score (nSPS) is 13.8. The van der Waals surface area contributed by atoms with E-state index in [0.717, 1.165) is 6.21 Å². The third kappa shape index (κ3) is 5.36. The van der Waals surface area contributed by atoms with Gasteiger partial charge < -0.3 is 10.1 Å². The van der Waals surface area contributed by atoms with Gasteiger partial charge in [0.15, 0.2) is 0 Å². The second-order valence-electron chi connectivity index (χ2n) is 1.65. The Morgan fingerprint density at radius 3 is 2.56 bits per heavy atom. The molecule has 0 rings (SSSR count). The van der Waals surface area contributed by atoms with Crippen LogP contribution in [-0.2, 0) is 4.74 Å². The number of ether oxygens (including phenoxy) is 1. The predicted octanol–water partition coefficient (Wildman–Crippen LogP) is 1.65. The third-order valence-electron chi connectivity index (χ3n) is 0.785. The topological polar surface area (TPSA) is 33.1 Å². The van der Waals surface area contributed by atoms with Crippen molar-refractivity contribution >= 4 is 6.21 Å². The summed E-state index contributed by atoms with van der Waals surface area (Å²) in [6.07, 6.45) is 0.736. The Bertz CT molecular complexity index is 87.0. The molecule has 54 valence electrons. The molecule has 0 saturated carbocycles. The van der Waals surface area contributed by atoms with Crippen molar-refractivity contribution in [3.05, 3.63) is 0 Å². The average Bonchev–Trinajstić information content (AvgIpc) is 1.63. The van der Waals surface area contributed by atoms with Crippen molar-refractivity contribution in [1.82, 2.24) is 0 Å². The van der Waals surface area contributed by atoms with Crippen LogP contribution in [0.3, 0.4) is 0 Å². The van der Waals surface area contributed by atoms with Gasteiger partial charge in [-0.3, -0.25) is 0 Å². The molecule has 0 saturated heterocycles. The highest BCUT2D eigenvalue weighted by Gasteiger charge is 2.07. The molecule has 0 spiro atoms. The molecule has 0 aliphatic carbocycles. The predicted molar refractivity (Wildman–Crippen MR) is 30.0 cm³/mol. The minimum absolute atomic E-state index is 0.240. The number of hydrogen-bond acceptors (Lipinski definition) is 2. The van der Waals surface area contributed by atoms with Crippen LogP contribution in [0.15, 0.2) is 0 Å². The molecule has 1 unspecified atom stereocenters. The fourth-order valence-electron chi connectivity index (χ4n) is 0.397. The van der Waals surface area contributed by atoms with Gasteiger partial charge in [-0.1, -0.05) is 0 Å². The van der Waals surface area contributed by atoms with Crippen LogP contribution in [0.2, 0.25) is 0 Å². The number of rotatable bonds is 4. The molecule has 0 aromatic rings. The minimum atomic E-state index is -2.72. The maximum atomic E-state index is 11.3. The molecule has 1 atom stereocenters. The van der Waals surface area contributed by atoms with Crippen LogP contribution in [0.25, 0.3) is 0 Å². The Hall–Kier alpha value is -0.510. The van der Waals surface area contributed by atoms with E-state index >= 15 is 0 Å². The van der Waals surface area contributed by atoms with E-state index in [1.807, 2.05) is 0 Å². The van der Waals surface area contributed by atoms with E-state index in [-0.39, 0.29) is 6.42 Å². The summed E-state index contributed by atoms with van der Waals surface area (Å²) >= 11 is 0. The maximum Gasteiger partial charge on any atom is 0.345 e. The van der Waals surface area contributed by atoms with Gasteiger partial charge in [0.25, 0.3) is 0 Å². The lowest BCUT2D eigenvalue weighted by molar-refractivity contribution is -0.155. The molecule has 0 amide bonds. The average molecular weight is 137 g/mol. The fraction of sp³-hybridized carbons (Fsp3) is 0.800. The minimum Gasteiger partial charge on any atom is -0.320 e. The molecule has 0 heterocycles. The van der Waals surface area contributed by atoms with Crippen molar-refractivity contribution in [1.29, 1.82) is 5.41 Å². The summed E-state index contributed by atoms with van der Waals surface area (Å²) in [5.74, 6) is 0. The number of halogens is 2. The first-order valence-corrected chi connectivity index (χ1v) is 2.59. The molecule has 0 aliphatic heterocycles. The zero-order valence-corrected chi connectivity index (χ0v) is 5.10. The molecule has 9 heavy (non-hydrogen) atoms. The summed E-state index contributed by atoms with van der Waals surface area (Å²) in [7, 11) is 0. The van der Waals surface area contributed by atoms with Crippen molar-refractivity contribution < 1.29 is 13.5 Å². The molecule has 0 bridgehead atoms. The van der Waals surface area contributed by atoms with E-state index in [1.165, 1.54) is 6.92 Å². The molecular formula is C5H9F2NO. The van der Waals surface area contributed by atoms with Crippen LogP contribution < -0.4 is 0 Å². The van der Waals surface area contributed by atoms with Crippen molar-refractivity contribution in [2.45, 2.75) is 26.1 Å². The smallest absolute Gasteiger partial charge is 0.320 e. The van der Waals surface area contributed by atoms with E-state index in [0.29, 0.717) is 0 Å². The summed E-state index contributed by atoms with van der Waals surface area (Å²) < 4.78 is 26.6. The molecular weight excluding hydrogens is 128 g/mol. The first-order chi connectivity index (χ1) is 4.16. The molecule has 2 nitrogen and oxygen atoms in total. The van der Waals surface area contributed by atoms with Gasteiger partial charge in [0, 0.05) is 6.42 Å². The van der Waals surface area contributed by atoms with E-state index in [1.54, 1.807) is 0 Å². The molecule has 0 fully saturated rings. The molecule has 1 N–H and O–H groups in total. The van der Waals surface area contributed by atoms with Gasteiger partial charge in [0.05, 0.1) is 6.10 Å². The van der Waals surface area contributed by atoms with E-state index in [9.17, 15) is 8.78 Å². The third-order valence-corrected chi connectivity index (χ3v) is 0.785. The molecule has 0 aromatic carbocycles. The van der Waals surface area contributed by atoms with Gasteiger partial charge in [-0.15, -0.1) is 0 Å². The first kappa shape index (κ1) is 8.49. The summed E-state index contributed by atoms with van der Waals surface area (Å²) in [4.78, 5) is 0. The van der Waals surface area contributed by atoms with Crippen molar-refractivity contribution in [2.75, 3.05) is 0 Å². The van der Waals surface area contributed by atoms with Gasteiger partial charge in [-0.25, -0.2) is 0 Å². The van der Waals surface area contributed by atoms with Crippen LogP contribution in [0.4, 0.5) is 8.78 Å². The largest absolute Gasteiger partial charge is 0.345 e. The lowest BCUT2D eigenvalue weighted by atomic mass is 10.3. The van der Waals surface area contributed by atoms with Gasteiger partial charge in [0.2, 0.25) is 0 Å². The summed E-state index contributed by atoms with van der Waals surface area (Å²) in [6, 6.07) is 0. The molecule has 0 radical (unpaired) electrons. The van der Waals surface area contributed by atoms with E-state index < -0.39 is 12.7 Å². The van der Waals surface area contributed by atoms with Gasteiger partial charge in [-0.2, -0.15) is 8.78 Å². The second-order valence-corrected chi connectivity index (χ2v) is 1.65. The van der Waals surface area contributed by atoms with Crippen molar-refractivity contribution in [3.63, 3.8) is 0 Å². The molecule has 4 heteroatoms. The van der Waals surface area contributed by atoms with Crippen LogP contribution in [0, 0.1) is 5.41 Å². The number of nitrogens with one attached hydrogen (secondary N) is 1. The highest BCUT2D eigenvalue weighted by molar-refractivity contribution is 5.53. The quantitative estimate of drug-likeness (QED) is 0.587. The Labute approximate surface area is 52.3 Å². The Kier molecular flexibility index (Phi) is 4.13. The Balaban J connectivity index is 3.25. The molecule has 0 aliphatic rings. The zero-order valence-electron chi connectivity index (χ0n) is 5.10. The zero-order chi connectivity index (χ0) is 7.28. The lowest BCUT2D eigenvalue weighted by Gasteiger charge is -2.07. The number of alkyl halides is 2. The number of hydrogen-bond donors (Lipinski definition) is 1. The highest BCUT2D eigenvalue weighted by atomic mass is 19.3. The lowest BCUT2D eigenvalue weighted by Crippen LogP contribution is -2.12. The monoisotopic (exact) mass is 137 g/mol.